The van der Waals surface area contributed by atoms with Gasteiger partial charge in [0, 0.05) is 16.6 Å². The molecule has 0 N–H and O–H groups in total. The molecule has 1 aliphatic carbocycles. The lowest BCUT2D eigenvalue weighted by Gasteiger charge is -2.08. The fraction of sp³-hybridized carbons (Fsp3) is 0.333. The van der Waals surface area contributed by atoms with Crippen molar-refractivity contribution < 1.29 is 9.53 Å². The van der Waals surface area contributed by atoms with Crippen molar-refractivity contribution in [3.63, 3.8) is 0 Å². The van der Waals surface area contributed by atoms with Gasteiger partial charge in [-0.3, -0.25) is 9.78 Å². The van der Waals surface area contributed by atoms with Crippen molar-refractivity contribution in [2.24, 2.45) is 5.92 Å². The van der Waals surface area contributed by atoms with Crippen molar-refractivity contribution in [1.29, 1.82) is 0 Å². The minimum absolute atomic E-state index is 0.0615. The van der Waals surface area contributed by atoms with Gasteiger partial charge in [-0.15, -0.1) is 0 Å². The first-order chi connectivity index (χ1) is 8.74. The molecular formula is C15H15NO2. The summed E-state index contributed by atoms with van der Waals surface area (Å²) in [5.41, 5.74) is 2.94. The number of pyridine rings is 1. The van der Waals surface area contributed by atoms with Gasteiger partial charge in [0.1, 0.15) is 6.61 Å². The number of ether oxygens (including phenoxy) is 1. The normalized spacial score (nSPS) is 14.7. The third-order valence-corrected chi connectivity index (χ3v) is 3.21. The topological polar surface area (TPSA) is 39.2 Å². The molecule has 0 radical (unpaired) electrons. The van der Waals surface area contributed by atoms with Crippen LogP contribution in [-0.4, -0.2) is 11.0 Å². The number of hydrogen-bond donors (Lipinski definition) is 0. The minimum Gasteiger partial charge on any atom is -0.461 e. The first-order valence-corrected chi connectivity index (χ1v) is 6.26. The van der Waals surface area contributed by atoms with Crippen molar-refractivity contribution in [3.8, 4) is 0 Å². The lowest BCUT2D eigenvalue weighted by Crippen LogP contribution is -2.07. The zero-order valence-electron chi connectivity index (χ0n) is 10.3. The molecule has 18 heavy (non-hydrogen) atoms. The van der Waals surface area contributed by atoms with E-state index in [9.17, 15) is 4.79 Å². The first kappa shape index (κ1) is 11.2. The number of aryl methyl sites for hydroxylation is 1. The Morgan fingerprint density at radius 1 is 1.39 bits per heavy atom. The van der Waals surface area contributed by atoms with Gasteiger partial charge in [0.2, 0.25) is 0 Å². The molecule has 1 fully saturated rings. The number of rotatable bonds is 3. The maximum Gasteiger partial charge on any atom is 0.309 e. The van der Waals surface area contributed by atoms with E-state index >= 15 is 0 Å². The summed E-state index contributed by atoms with van der Waals surface area (Å²) in [6.45, 7) is 2.30. The lowest BCUT2D eigenvalue weighted by atomic mass is 10.1. The molecule has 3 nitrogen and oxygen atoms in total. The Bertz CT molecular complexity index is 602. The summed E-state index contributed by atoms with van der Waals surface area (Å²) < 4.78 is 5.35. The van der Waals surface area contributed by atoms with Crippen LogP contribution in [0.2, 0.25) is 0 Å². The number of aromatic nitrogens is 1. The molecule has 3 rings (SSSR count). The van der Waals surface area contributed by atoms with Gasteiger partial charge in [-0.1, -0.05) is 18.2 Å². The van der Waals surface area contributed by atoms with E-state index in [-0.39, 0.29) is 11.9 Å². The fourth-order valence-corrected chi connectivity index (χ4v) is 2.10. The zero-order chi connectivity index (χ0) is 12.5. The predicted molar refractivity (Wildman–Crippen MR) is 69.0 cm³/mol. The number of fused-ring (bicyclic) bond motifs is 1. The molecule has 0 unspecified atom stereocenters. The van der Waals surface area contributed by atoms with Crippen LogP contribution in [-0.2, 0) is 16.1 Å². The first-order valence-electron chi connectivity index (χ1n) is 6.26. The second-order valence-electron chi connectivity index (χ2n) is 4.82. The van der Waals surface area contributed by atoms with Crippen LogP contribution in [0.15, 0.2) is 30.3 Å². The monoisotopic (exact) mass is 241 g/mol. The summed E-state index contributed by atoms with van der Waals surface area (Å²) in [5, 5.41) is 1.06. The Kier molecular flexibility index (Phi) is 2.74. The highest BCUT2D eigenvalue weighted by molar-refractivity contribution is 5.82. The second-order valence-corrected chi connectivity index (χ2v) is 4.82. The van der Waals surface area contributed by atoms with Crippen LogP contribution in [0, 0.1) is 12.8 Å². The van der Waals surface area contributed by atoms with E-state index in [1.165, 1.54) is 0 Å². The highest BCUT2D eigenvalue weighted by Gasteiger charge is 2.31. The summed E-state index contributed by atoms with van der Waals surface area (Å²) in [6.07, 6.45) is 1.96. The van der Waals surface area contributed by atoms with Gasteiger partial charge in [0.15, 0.2) is 0 Å². The van der Waals surface area contributed by atoms with Gasteiger partial charge in [-0.2, -0.15) is 0 Å². The molecule has 0 bridgehead atoms. The van der Waals surface area contributed by atoms with Crippen molar-refractivity contribution in [2.75, 3.05) is 0 Å². The van der Waals surface area contributed by atoms with Crippen LogP contribution in [0.1, 0.15) is 24.1 Å². The molecule has 0 aliphatic heterocycles. The van der Waals surface area contributed by atoms with Gasteiger partial charge in [-0.05, 0) is 31.9 Å². The molecule has 1 saturated carbocycles. The molecular weight excluding hydrogens is 226 g/mol. The highest BCUT2D eigenvalue weighted by atomic mass is 16.5. The molecule has 92 valence electrons. The van der Waals surface area contributed by atoms with E-state index in [0.29, 0.717) is 6.61 Å². The Morgan fingerprint density at radius 3 is 2.94 bits per heavy atom. The molecule has 1 aliphatic rings. The van der Waals surface area contributed by atoms with Gasteiger partial charge >= 0.3 is 5.97 Å². The van der Waals surface area contributed by atoms with Crippen molar-refractivity contribution in [1.82, 2.24) is 4.98 Å². The third-order valence-electron chi connectivity index (χ3n) is 3.21. The fourth-order valence-electron chi connectivity index (χ4n) is 2.10. The van der Waals surface area contributed by atoms with Crippen LogP contribution in [0.25, 0.3) is 10.9 Å². The smallest absolute Gasteiger partial charge is 0.309 e. The van der Waals surface area contributed by atoms with Crippen molar-refractivity contribution in [3.05, 3.63) is 41.6 Å². The Balaban J connectivity index is 1.87. The Morgan fingerprint density at radius 2 is 2.17 bits per heavy atom. The molecule has 1 aromatic heterocycles. The van der Waals surface area contributed by atoms with E-state index < -0.39 is 0 Å². The molecule has 0 spiro atoms. The third kappa shape index (κ3) is 2.21. The summed E-state index contributed by atoms with van der Waals surface area (Å²) in [6, 6.07) is 9.93. The molecule has 0 atom stereocenters. The lowest BCUT2D eigenvalue weighted by molar-refractivity contribution is -0.146. The number of carbonyl (C=O) groups excluding carboxylic acids is 1. The molecule has 0 amide bonds. The van der Waals surface area contributed by atoms with Crippen molar-refractivity contribution >= 4 is 16.9 Å². The van der Waals surface area contributed by atoms with Crippen LogP contribution < -0.4 is 0 Å². The van der Waals surface area contributed by atoms with E-state index in [1.54, 1.807) is 0 Å². The molecule has 2 aromatic rings. The van der Waals surface area contributed by atoms with Crippen LogP contribution >= 0.6 is 0 Å². The van der Waals surface area contributed by atoms with E-state index in [4.69, 9.17) is 4.74 Å². The van der Waals surface area contributed by atoms with Gasteiger partial charge in [0.05, 0.1) is 11.4 Å². The summed E-state index contributed by atoms with van der Waals surface area (Å²) >= 11 is 0. The maximum absolute atomic E-state index is 11.6. The quantitative estimate of drug-likeness (QED) is 0.775. The molecule has 0 saturated heterocycles. The summed E-state index contributed by atoms with van der Waals surface area (Å²) in [4.78, 5) is 16.0. The summed E-state index contributed by atoms with van der Waals surface area (Å²) in [7, 11) is 0. The second kappa shape index (κ2) is 4.41. The van der Waals surface area contributed by atoms with Crippen LogP contribution in [0.3, 0.4) is 0 Å². The van der Waals surface area contributed by atoms with Crippen LogP contribution in [0.4, 0.5) is 0 Å². The minimum atomic E-state index is -0.0615. The number of hydrogen-bond acceptors (Lipinski definition) is 3. The van der Waals surface area contributed by atoms with Crippen LogP contribution in [0.5, 0.6) is 0 Å². The number of nitrogens with zero attached hydrogens (tertiary/aromatic N) is 1. The van der Waals surface area contributed by atoms with E-state index in [0.717, 1.165) is 35.0 Å². The predicted octanol–water partition coefficient (Wildman–Crippen LogP) is 3.00. The number of carbonyl (C=O) groups is 1. The standard InChI is InChI=1S/C15H15NO2/c1-10-8-12(9-18-15(17)11-6-7-11)13-4-2-3-5-14(13)16-10/h2-5,8,11H,6-7,9H2,1H3. The average Bonchev–Trinajstić information content (AvgIpc) is 3.19. The van der Waals surface area contributed by atoms with E-state index in [1.807, 2.05) is 37.3 Å². The highest BCUT2D eigenvalue weighted by Crippen LogP contribution is 2.30. The number of esters is 1. The molecule has 1 heterocycles. The summed E-state index contributed by atoms with van der Waals surface area (Å²) in [5.74, 6) is 0.0905. The largest absolute Gasteiger partial charge is 0.461 e. The van der Waals surface area contributed by atoms with Gasteiger partial charge in [0.25, 0.3) is 0 Å². The Hall–Kier alpha value is -1.90. The molecule has 1 aromatic carbocycles. The Labute approximate surface area is 106 Å². The maximum atomic E-state index is 11.6. The average molecular weight is 241 g/mol. The van der Waals surface area contributed by atoms with Crippen molar-refractivity contribution in [2.45, 2.75) is 26.4 Å². The van der Waals surface area contributed by atoms with Gasteiger partial charge in [-0.25, -0.2) is 0 Å². The van der Waals surface area contributed by atoms with E-state index in [2.05, 4.69) is 4.98 Å². The SMILES string of the molecule is Cc1cc(COC(=O)C2CC2)c2ccccc2n1. The number of para-hydroxylation sites is 1. The zero-order valence-corrected chi connectivity index (χ0v) is 10.3. The van der Waals surface area contributed by atoms with Gasteiger partial charge < -0.3 is 4.74 Å². The number of benzene rings is 1. The molecule has 3 heteroatoms.